The number of aromatic nitrogens is 1. The molecule has 2 heterocycles. The highest BCUT2D eigenvalue weighted by atomic mass is 35.5. The van der Waals surface area contributed by atoms with Crippen LogP contribution in [-0.2, 0) is 9.59 Å². The van der Waals surface area contributed by atoms with E-state index in [0.717, 1.165) is 0 Å². The molecule has 0 saturated carbocycles. The fourth-order valence-corrected chi connectivity index (χ4v) is 3.87. The Kier molecular flexibility index (Phi) is 5.33. The lowest BCUT2D eigenvalue weighted by molar-refractivity contribution is -0.132. The van der Waals surface area contributed by atoms with Crippen LogP contribution in [0.4, 0.5) is 10.1 Å². The first-order valence-electron chi connectivity index (χ1n) is 9.55. The Balaban J connectivity index is 1.98. The topological polar surface area (TPSA) is 70.5 Å². The fourth-order valence-electron chi connectivity index (χ4n) is 3.70. The molecule has 1 aliphatic heterocycles. The zero-order valence-electron chi connectivity index (χ0n) is 16.8. The van der Waals surface area contributed by atoms with Gasteiger partial charge in [-0.25, -0.2) is 4.39 Å². The van der Waals surface area contributed by atoms with Gasteiger partial charge in [-0.1, -0.05) is 23.7 Å². The van der Waals surface area contributed by atoms with E-state index >= 15 is 0 Å². The SMILES string of the molecule is Cc1cc(/C(O)=C2\C(=O)C(=O)N(c3cccc(Cl)c3C)C2c2ccccn2)ccc1F. The summed E-state index contributed by atoms with van der Waals surface area (Å²) in [4.78, 5) is 31.8. The van der Waals surface area contributed by atoms with Crippen LogP contribution in [0.5, 0.6) is 0 Å². The minimum Gasteiger partial charge on any atom is -0.507 e. The minimum absolute atomic E-state index is 0.117. The van der Waals surface area contributed by atoms with Crippen LogP contribution in [0.15, 0.2) is 66.4 Å². The van der Waals surface area contributed by atoms with Crippen molar-refractivity contribution >= 4 is 34.7 Å². The van der Waals surface area contributed by atoms with Crippen molar-refractivity contribution in [2.24, 2.45) is 0 Å². The van der Waals surface area contributed by atoms with Gasteiger partial charge in [0, 0.05) is 22.5 Å². The molecular weight excluding hydrogens is 419 g/mol. The Hall–Kier alpha value is -3.51. The quantitative estimate of drug-likeness (QED) is 0.351. The second kappa shape index (κ2) is 7.96. The number of aryl methyl sites for hydroxylation is 1. The summed E-state index contributed by atoms with van der Waals surface area (Å²) in [7, 11) is 0. The van der Waals surface area contributed by atoms with E-state index in [-0.39, 0.29) is 16.9 Å². The summed E-state index contributed by atoms with van der Waals surface area (Å²) in [5.74, 6) is -2.48. The van der Waals surface area contributed by atoms with Gasteiger partial charge in [0.15, 0.2) is 0 Å². The van der Waals surface area contributed by atoms with Gasteiger partial charge in [-0.3, -0.25) is 19.5 Å². The molecule has 0 aliphatic carbocycles. The maximum atomic E-state index is 13.7. The van der Waals surface area contributed by atoms with Crippen LogP contribution < -0.4 is 4.90 Å². The molecule has 156 valence electrons. The zero-order valence-corrected chi connectivity index (χ0v) is 17.5. The molecule has 1 aliphatic rings. The predicted molar refractivity (Wildman–Crippen MR) is 116 cm³/mol. The predicted octanol–water partition coefficient (Wildman–Crippen LogP) is 5.12. The molecule has 1 N–H and O–H groups in total. The van der Waals surface area contributed by atoms with Crippen LogP contribution in [-0.4, -0.2) is 21.8 Å². The van der Waals surface area contributed by atoms with Crippen molar-refractivity contribution in [1.29, 1.82) is 0 Å². The number of carbonyl (C=O) groups excluding carboxylic acids is 2. The van der Waals surface area contributed by atoms with Gasteiger partial charge in [-0.05, 0) is 67.4 Å². The largest absolute Gasteiger partial charge is 0.507 e. The van der Waals surface area contributed by atoms with Gasteiger partial charge in [-0.2, -0.15) is 0 Å². The van der Waals surface area contributed by atoms with Crippen LogP contribution in [0.2, 0.25) is 5.02 Å². The summed E-state index contributed by atoms with van der Waals surface area (Å²) in [5.41, 5.74) is 1.89. The summed E-state index contributed by atoms with van der Waals surface area (Å²) < 4.78 is 13.7. The van der Waals surface area contributed by atoms with Gasteiger partial charge >= 0.3 is 0 Å². The highest BCUT2D eigenvalue weighted by molar-refractivity contribution is 6.52. The smallest absolute Gasteiger partial charge is 0.300 e. The van der Waals surface area contributed by atoms with Gasteiger partial charge in [0.1, 0.15) is 17.6 Å². The summed E-state index contributed by atoms with van der Waals surface area (Å²) in [6.07, 6.45) is 1.54. The van der Waals surface area contributed by atoms with Crippen molar-refractivity contribution in [2.75, 3.05) is 4.90 Å². The molecule has 3 aromatic rings. The van der Waals surface area contributed by atoms with E-state index in [1.54, 1.807) is 56.4 Å². The summed E-state index contributed by atoms with van der Waals surface area (Å²) in [6.45, 7) is 3.30. The van der Waals surface area contributed by atoms with Gasteiger partial charge in [0.25, 0.3) is 11.7 Å². The lowest BCUT2D eigenvalue weighted by Gasteiger charge is -2.26. The first-order chi connectivity index (χ1) is 14.8. The molecule has 31 heavy (non-hydrogen) atoms. The number of rotatable bonds is 3. The number of halogens is 2. The monoisotopic (exact) mass is 436 g/mol. The highest BCUT2D eigenvalue weighted by Crippen LogP contribution is 2.43. The first kappa shape index (κ1) is 20.8. The van der Waals surface area contributed by atoms with Crippen molar-refractivity contribution < 1.29 is 19.1 Å². The molecule has 1 amide bonds. The van der Waals surface area contributed by atoms with Gasteiger partial charge in [-0.15, -0.1) is 0 Å². The summed E-state index contributed by atoms with van der Waals surface area (Å²) in [6, 6.07) is 13.2. The molecule has 1 aromatic heterocycles. The summed E-state index contributed by atoms with van der Waals surface area (Å²) >= 11 is 6.26. The number of nitrogens with zero attached hydrogens (tertiary/aromatic N) is 2. The molecule has 1 fully saturated rings. The number of anilines is 1. The number of Topliss-reactive ketones (excluding diaryl/α,β-unsaturated/α-hetero) is 1. The van der Waals surface area contributed by atoms with Crippen LogP contribution in [0.1, 0.15) is 28.4 Å². The third kappa shape index (κ3) is 3.49. The van der Waals surface area contributed by atoms with Crippen molar-refractivity contribution in [3.8, 4) is 0 Å². The number of carbonyl (C=O) groups is 2. The maximum Gasteiger partial charge on any atom is 0.300 e. The first-order valence-corrected chi connectivity index (χ1v) is 9.92. The third-order valence-electron chi connectivity index (χ3n) is 5.34. The zero-order chi connectivity index (χ0) is 22.3. The van der Waals surface area contributed by atoms with Gasteiger partial charge in [0.2, 0.25) is 0 Å². The number of hydrogen-bond acceptors (Lipinski definition) is 4. The van der Waals surface area contributed by atoms with Crippen LogP contribution in [0, 0.1) is 19.7 Å². The van der Waals surface area contributed by atoms with Crippen LogP contribution in [0.25, 0.3) is 5.76 Å². The van der Waals surface area contributed by atoms with E-state index in [2.05, 4.69) is 4.98 Å². The lowest BCUT2D eigenvalue weighted by Crippen LogP contribution is -2.30. The molecule has 4 rings (SSSR count). The molecule has 0 radical (unpaired) electrons. The van der Waals surface area contributed by atoms with Crippen LogP contribution in [0.3, 0.4) is 0 Å². The minimum atomic E-state index is -0.969. The van der Waals surface area contributed by atoms with Crippen molar-refractivity contribution in [3.63, 3.8) is 0 Å². The Morgan fingerprint density at radius 2 is 1.87 bits per heavy atom. The van der Waals surface area contributed by atoms with E-state index in [1.165, 1.54) is 23.1 Å². The molecule has 0 bridgehead atoms. The Bertz CT molecular complexity index is 1240. The van der Waals surface area contributed by atoms with Crippen molar-refractivity contribution in [1.82, 2.24) is 4.98 Å². The molecule has 1 unspecified atom stereocenters. The number of ketones is 1. The van der Waals surface area contributed by atoms with Gasteiger partial charge < -0.3 is 5.11 Å². The van der Waals surface area contributed by atoms with E-state index in [1.807, 2.05) is 0 Å². The van der Waals surface area contributed by atoms with E-state index in [0.29, 0.717) is 27.5 Å². The number of aliphatic hydroxyl groups is 1. The third-order valence-corrected chi connectivity index (χ3v) is 5.75. The number of hydrogen-bond donors (Lipinski definition) is 1. The van der Waals surface area contributed by atoms with Crippen molar-refractivity contribution in [3.05, 3.63) is 99.6 Å². The Morgan fingerprint density at radius 1 is 1.10 bits per heavy atom. The summed E-state index contributed by atoms with van der Waals surface area (Å²) in [5, 5.41) is 11.5. The van der Waals surface area contributed by atoms with E-state index < -0.39 is 23.5 Å². The lowest BCUT2D eigenvalue weighted by atomic mass is 9.97. The van der Waals surface area contributed by atoms with Gasteiger partial charge in [0.05, 0.1) is 11.3 Å². The Labute approximate surface area is 183 Å². The van der Waals surface area contributed by atoms with E-state index in [9.17, 15) is 19.1 Å². The molecular formula is C24H18ClFN2O3. The normalized spacial score (nSPS) is 17.9. The highest BCUT2D eigenvalue weighted by Gasteiger charge is 2.48. The molecule has 5 nitrogen and oxygen atoms in total. The molecule has 2 aromatic carbocycles. The number of amides is 1. The average Bonchev–Trinajstić information content (AvgIpc) is 3.03. The fraction of sp³-hybridized carbons (Fsp3) is 0.125. The molecule has 1 saturated heterocycles. The van der Waals surface area contributed by atoms with Crippen molar-refractivity contribution in [2.45, 2.75) is 19.9 Å². The van der Waals surface area contributed by atoms with E-state index in [4.69, 9.17) is 11.6 Å². The molecule has 7 heteroatoms. The Morgan fingerprint density at radius 3 is 2.55 bits per heavy atom. The number of pyridine rings is 1. The molecule has 0 spiro atoms. The maximum absolute atomic E-state index is 13.7. The second-order valence-electron chi connectivity index (χ2n) is 7.27. The number of benzene rings is 2. The average molecular weight is 437 g/mol. The standard InChI is InChI=1S/C24H18ClFN2O3/c1-13-12-15(9-10-17(13)26)22(29)20-21(18-7-3-4-11-27-18)28(24(31)23(20)30)19-8-5-6-16(25)14(19)2/h3-12,21,29H,1-2H3/b22-20+. The second-order valence-corrected chi connectivity index (χ2v) is 7.68. The molecule has 1 atom stereocenters. The van der Waals surface area contributed by atoms with Crippen LogP contribution >= 0.6 is 11.6 Å². The number of aliphatic hydroxyl groups excluding tert-OH is 1.